The molecule has 1 N–H and O–H groups in total. The molecule has 0 aliphatic carbocycles. The van der Waals surface area contributed by atoms with E-state index in [1.54, 1.807) is 4.68 Å². The lowest BCUT2D eigenvalue weighted by Gasteiger charge is -2.28. The number of ether oxygens (including phenoxy) is 3. The van der Waals surface area contributed by atoms with E-state index in [2.05, 4.69) is 5.32 Å². The Balaban J connectivity index is 1.49. The molecule has 43 heavy (non-hydrogen) atoms. The molecule has 8 nitrogen and oxygen atoms in total. The number of carbonyl (C=O) groups excluding carboxylic acids is 1. The molecule has 5 rings (SSSR count). The third-order valence-corrected chi connectivity index (χ3v) is 8.35. The number of nitrogens with zero attached hydrogens (tertiary/aromatic N) is 3. The highest BCUT2D eigenvalue weighted by atomic mass is 35.5. The molecule has 1 aliphatic heterocycles. The lowest BCUT2D eigenvalue weighted by atomic mass is 9.95. The molecular formula is C32H32Cl2N4O4S. The van der Waals surface area contributed by atoms with Crippen molar-refractivity contribution in [2.24, 2.45) is 0 Å². The number of benzene rings is 3. The second-order valence-corrected chi connectivity index (χ2v) is 11.5. The van der Waals surface area contributed by atoms with Crippen LogP contribution in [0.5, 0.6) is 11.5 Å². The van der Waals surface area contributed by atoms with Crippen LogP contribution in [0.1, 0.15) is 49.9 Å². The van der Waals surface area contributed by atoms with Gasteiger partial charge in [-0.2, -0.15) is 4.98 Å². The first-order chi connectivity index (χ1) is 20.9. The fourth-order valence-electron chi connectivity index (χ4n) is 4.65. The van der Waals surface area contributed by atoms with Crippen molar-refractivity contribution >= 4 is 46.9 Å². The van der Waals surface area contributed by atoms with Gasteiger partial charge in [0.25, 0.3) is 0 Å². The summed E-state index contributed by atoms with van der Waals surface area (Å²) in [6, 6.07) is 20.2. The number of esters is 1. The van der Waals surface area contributed by atoms with E-state index in [0.29, 0.717) is 69.3 Å². The van der Waals surface area contributed by atoms with Crippen molar-refractivity contribution in [2.75, 3.05) is 18.5 Å². The summed E-state index contributed by atoms with van der Waals surface area (Å²) in [6.07, 6.45) is 0.708. The van der Waals surface area contributed by atoms with Gasteiger partial charge < -0.3 is 19.5 Å². The van der Waals surface area contributed by atoms with Crippen molar-refractivity contribution < 1.29 is 19.0 Å². The average Bonchev–Trinajstić information content (AvgIpc) is 3.41. The van der Waals surface area contributed by atoms with Crippen LogP contribution in [-0.2, 0) is 21.9 Å². The second-order valence-electron chi connectivity index (χ2n) is 9.76. The Morgan fingerprint density at radius 1 is 0.977 bits per heavy atom. The van der Waals surface area contributed by atoms with Crippen LogP contribution in [0.15, 0.2) is 83.2 Å². The standard InChI is InChI=1S/C32H32Cl2N4O4S/c1-4-16-41-30(39)28-20(3)35-31-36-32(43-19-23-11-7-9-13-25(23)34)37-38(31)29(28)21-14-15-26(27(17-21)40-5-2)42-18-22-10-6-8-12-24(22)33/h6-15,17,29H,4-5,16,18-19H2,1-3H3,(H,35,36,37). The van der Waals surface area contributed by atoms with E-state index in [-0.39, 0.29) is 6.61 Å². The maximum absolute atomic E-state index is 13.4. The summed E-state index contributed by atoms with van der Waals surface area (Å²) < 4.78 is 19.5. The zero-order chi connectivity index (χ0) is 30.3. The molecule has 1 aliphatic rings. The van der Waals surface area contributed by atoms with E-state index >= 15 is 0 Å². The summed E-state index contributed by atoms with van der Waals surface area (Å²) in [6.45, 7) is 6.72. The van der Waals surface area contributed by atoms with E-state index in [0.717, 1.165) is 16.7 Å². The number of nitrogens with one attached hydrogen (secondary N) is 1. The monoisotopic (exact) mass is 638 g/mol. The molecule has 0 saturated carbocycles. The second kappa shape index (κ2) is 14.2. The van der Waals surface area contributed by atoms with E-state index in [1.807, 2.05) is 87.5 Å². The van der Waals surface area contributed by atoms with E-state index in [1.165, 1.54) is 11.8 Å². The van der Waals surface area contributed by atoms with Gasteiger partial charge in [0.05, 0.1) is 18.8 Å². The lowest BCUT2D eigenvalue weighted by molar-refractivity contribution is -0.139. The number of thioether (sulfide) groups is 1. The minimum absolute atomic E-state index is 0.277. The van der Waals surface area contributed by atoms with Crippen LogP contribution in [0.3, 0.4) is 0 Å². The molecule has 11 heteroatoms. The highest BCUT2D eigenvalue weighted by molar-refractivity contribution is 7.98. The van der Waals surface area contributed by atoms with Crippen molar-refractivity contribution in [3.63, 3.8) is 0 Å². The van der Waals surface area contributed by atoms with Gasteiger partial charge in [0.1, 0.15) is 12.6 Å². The maximum Gasteiger partial charge on any atom is 0.338 e. The van der Waals surface area contributed by atoms with Gasteiger partial charge >= 0.3 is 5.97 Å². The summed E-state index contributed by atoms with van der Waals surface area (Å²) in [5.74, 6) is 1.80. The SMILES string of the molecule is CCCOC(=O)C1=C(C)Nc2nc(SCc3ccccc3Cl)nn2C1c1ccc(OCc2ccccc2Cl)c(OCC)c1. The average molecular weight is 640 g/mol. The number of fused-ring (bicyclic) bond motifs is 1. The highest BCUT2D eigenvalue weighted by Gasteiger charge is 2.36. The Kier molecular flexibility index (Phi) is 10.2. The lowest BCUT2D eigenvalue weighted by Crippen LogP contribution is -2.29. The Bertz CT molecular complexity index is 1640. The number of hydrogen-bond acceptors (Lipinski definition) is 8. The molecule has 0 bridgehead atoms. The number of halogens is 2. The molecule has 0 fully saturated rings. The Morgan fingerprint density at radius 3 is 2.40 bits per heavy atom. The fraction of sp³-hybridized carbons (Fsp3) is 0.281. The van der Waals surface area contributed by atoms with Gasteiger partial charge in [-0.15, -0.1) is 5.10 Å². The van der Waals surface area contributed by atoms with Crippen molar-refractivity contribution in [1.29, 1.82) is 0 Å². The van der Waals surface area contributed by atoms with Gasteiger partial charge in [-0.3, -0.25) is 0 Å². The summed E-state index contributed by atoms with van der Waals surface area (Å²) in [4.78, 5) is 18.1. The summed E-state index contributed by atoms with van der Waals surface area (Å²) in [5.41, 5.74) is 3.71. The quantitative estimate of drug-likeness (QED) is 0.123. The molecule has 1 atom stereocenters. The van der Waals surface area contributed by atoms with E-state index in [4.69, 9.17) is 47.5 Å². The number of allylic oxidation sites excluding steroid dienone is 1. The molecule has 4 aromatic rings. The molecule has 1 aromatic heterocycles. The summed E-state index contributed by atoms with van der Waals surface area (Å²) in [5, 5.41) is 9.94. The normalized spacial score (nSPS) is 14.2. The summed E-state index contributed by atoms with van der Waals surface area (Å²) >= 11 is 14.2. The zero-order valence-corrected chi connectivity index (χ0v) is 26.4. The minimum atomic E-state index is -0.611. The molecule has 0 saturated heterocycles. The largest absolute Gasteiger partial charge is 0.490 e. The number of rotatable bonds is 12. The molecule has 3 aromatic carbocycles. The first-order valence-corrected chi connectivity index (χ1v) is 15.7. The smallest absolute Gasteiger partial charge is 0.338 e. The molecule has 0 radical (unpaired) electrons. The number of hydrogen-bond donors (Lipinski definition) is 1. The van der Waals surface area contributed by atoms with Crippen LogP contribution in [0, 0.1) is 0 Å². The molecule has 1 unspecified atom stereocenters. The van der Waals surface area contributed by atoms with Gasteiger partial charge in [0.15, 0.2) is 11.5 Å². The van der Waals surface area contributed by atoms with Crippen LogP contribution >= 0.6 is 35.0 Å². The van der Waals surface area contributed by atoms with Gasteiger partial charge in [-0.05, 0) is 55.7 Å². The van der Waals surface area contributed by atoms with Crippen molar-refractivity contribution in [3.8, 4) is 11.5 Å². The Labute approximate surface area is 265 Å². The first-order valence-electron chi connectivity index (χ1n) is 14.0. The summed E-state index contributed by atoms with van der Waals surface area (Å²) in [7, 11) is 0. The predicted molar refractivity (Wildman–Crippen MR) is 170 cm³/mol. The van der Waals surface area contributed by atoms with Crippen LogP contribution < -0.4 is 14.8 Å². The van der Waals surface area contributed by atoms with Crippen LogP contribution in [0.25, 0.3) is 0 Å². The molecule has 2 heterocycles. The number of carbonyl (C=O) groups is 1. The van der Waals surface area contributed by atoms with Crippen LogP contribution in [0.4, 0.5) is 5.95 Å². The number of anilines is 1. The van der Waals surface area contributed by atoms with Gasteiger partial charge in [-0.1, -0.05) is 84.4 Å². The van der Waals surface area contributed by atoms with Crippen molar-refractivity contribution in [1.82, 2.24) is 14.8 Å². The maximum atomic E-state index is 13.4. The van der Waals surface area contributed by atoms with Gasteiger partial charge in [0.2, 0.25) is 11.1 Å². The fourth-order valence-corrected chi connectivity index (χ4v) is 5.95. The number of aromatic nitrogens is 3. The Hall–Kier alpha value is -3.66. The third-order valence-electron chi connectivity index (χ3n) is 6.73. The van der Waals surface area contributed by atoms with E-state index < -0.39 is 12.0 Å². The van der Waals surface area contributed by atoms with Crippen molar-refractivity contribution in [2.45, 2.75) is 50.8 Å². The Morgan fingerprint density at radius 2 is 1.70 bits per heavy atom. The molecule has 224 valence electrons. The minimum Gasteiger partial charge on any atom is -0.490 e. The third kappa shape index (κ3) is 7.12. The first kappa shape index (κ1) is 30.8. The molecular weight excluding hydrogens is 607 g/mol. The van der Waals surface area contributed by atoms with Crippen molar-refractivity contribution in [3.05, 3.63) is 105 Å². The zero-order valence-electron chi connectivity index (χ0n) is 24.1. The van der Waals surface area contributed by atoms with Crippen LogP contribution in [-0.4, -0.2) is 33.9 Å². The predicted octanol–water partition coefficient (Wildman–Crippen LogP) is 8.10. The highest BCUT2D eigenvalue weighted by Crippen LogP contribution is 2.40. The van der Waals surface area contributed by atoms with Crippen LogP contribution in [0.2, 0.25) is 10.0 Å². The van der Waals surface area contributed by atoms with Gasteiger partial charge in [0, 0.05) is 27.1 Å². The van der Waals surface area contributed by atoms with E-state index in [9.17, 15) is 4.79 Å². The molecule has 0 amide bonds. The molecule has 0 spiro atoms. The van der Waals surface area contributed by atoms with Gasteiger partial charge in [-0.25, -0.2) is 9.48 Å². The topological polar surface area (TPSA) is 87.5 Å².